The Hall–Kier alpha value is -3.01. The minimum absolute atomic E-state index is 0.0327. The molecule has 2 aromatic heterocycles. The average Bonchev–Trinajstić information content (AvgIpc) is 3.15. The van der Waals surface area contributed by atoms with Gasteiger partial charge in [0.1, 0.15) is 5.82 Å². The maximum Gasteiger partial charge on any atom is 0.445 e. The lowest BCUT2D eigenvalue weighted by Crippen LogP contribution is -2.17. The summed E-state index contributed by atoms with van der Waals surface area (Å²) in [5, 5.41) is 2.30. The van der Waals surface area contributed by atoms with Gasteiger partial charge in [-0.1, -0.05) is 29.5 Å². The molecule has 0 aliphatic carbocycles. The van der Waals surface area contributed by atoms with E-state index >= 15 is 0 Å². The summed E-state index contributed by atoms with van der Waals surface area (Å²) in [4.78, 5) is 19.9. The van der Waals surface area contributed by atoms with E-state index in [1.54, 1.807) is 12.3 Å². The molecule has 3 heterocycles. The van der Waals surface area contributed by atoms with Crippen molar-refractivity contribution in [2.75, 3.05) is 5.73 Å². The quantitative estimate of drug-likeness (QED) is 0.720. The lowest BCUT2D eigenvalue weighted by molar-refractivity contribution is -0.138. The van der Waals surface area contributed by atoms with Crippen LogP contribution in [0.25, 0.3) is 16.6 Å². The molecule has 126 valence electrons. The van der Waals surface area contributed by atoms with Gasteiger partial charge in [0.15, 0.2) is 0 Å². The van der Waals surface area contributed by atoms with Crippen LogP contribution < -0.4 is 11.3 Å². The van der Waals surface area contributed by atoms with Gasteiger partial charge in [0, 0.05) is 17.4 Å². The molecule has 1 aliphatic heterocycles. The average molecular weight is 363 g/mol. The maximum atomic E-state index is 12.8. The summed E-state index contributed by atoms with van der Waals surface area (Å²) in [6.45, 7) is 0. The Balaban J connectivity index is 1.91. The van der Waals surface area contributed by atoms with Crippen molar-refractivity contribution < 1.29 is 13.2 Å². The van der Waals surface area contributed by atoms with Gasteiger partial charge < -0.3 is 5.73 Å². The normalized spacial score (nSPS) is 15.2. The minimum Gasteiger partial charge on any atom is -0.383 e. The Morgan fingerprint density at radius 1 is 1.24 bits per heavy atom. The molecule has 10 heteroatoms. The summed E-state index contributed by atoms with van der Waals surface area (Å²) in [6.07, 6.45) is -1.62. The summed E-state index contributed by atoms with van der Waals surface area (Å²) in [5.74, 6) is -0.202. The number of aliphatic imine (C=N–C) groups is 1. The van der Waals surface area contributed by atoms with Crippen molar-refractivity contribution in [1.29, 1.82) is 0 Å². The number of fused-ring (bicyclic) bond motifs is 2. The third-order valence-corrected chi connectivity index (χ3v) is 4.55. The van der Waals surface area contributed by atoms with Gasteiger partial charge >= 0.3 is 6.18 Å². The molecule has 0 saturated carbocycles. The van der Waals surface area contributed by atoms with Crippen molar-refractivity contribution in [3.63, 3.8) is 0 Å². The molecular formula is C15H8F3N5OS. The number of hydrogen-bond acceptors (Lipinski definition) is 6. The molecule has 0 spiro atoms. The number of halogens is 3. The Bertz CT molecular complexity index is 1130. The number of nitrogens with two attached hydrogens (primary N) is 1. The molecule has 6 nitrogen and oxygen atoms in total. The fraction of sp³-hybridized carbons (Fsp3) is 0.0667. The van der Waals surface area contributed by atoms with Gasteiger partial charge in [-0.25, -0.2) is 0 Å². The Morgan fingerprint density at radius 3 is 2.76 bits per heavy atom. The second-order valence-electron chi connectivity index (χ2n) is 5.19. The van der Waals surface area contributed by atoms with E-state index in [0.717, 1.165) is 15.8 Å². The van der Waals surface area contributed by atoms with E-state index in [9.17, 15) is 18.0 Å². The molecule has 1 aliphatic rings. The molecule has 0 fully saturated rings. The van der Waals surface area contributed by atoms with Crippen molar-refractivity contribution >= 4 is 45.7 Å². The number of para-hydroxylation sites is 1. The third-order valence-electron chi connectivity index (χ3n) is 3.59. The SMILES string of the molecule is Nc1c(/C=C2\C=Nc3ccccc32)c(=O)nc2sc(C(F)(F)F)nn12. The monoisotopic (exact) mass is 363 g/mol. The van der Waals surface area contributed by atoms with E-state index in [-0.39, 0.29) is 27.7 Å². The van der Waals surface area contributed by atoms with Crippen molar-refractivity contribution in [1.82, 2.24) is 14.6 Å². The number of rotatable bonds is 1. The molecule has 4 rings (SSSR count). The number of benzene rings is 1. The summed E-state index contributed by atoms with van der Waals surface area (Å²) in [6, 6.07) is 7.26. The summed E-state index contributed by atoms with van der Waals surface area (Å²) >= 11 is 0.261. The zero-order chi connectivity index (χ0) is 17.8. The highest BCUT2D eigenvalue weighted by Gasteiger charge is 2.36. The summed E-state index contributed by atoms with van der Waals surface area (Å²) in [5.41, 5.74) is 7.27. The molecule has 1 aromatic carbocycles. The van der Waals surface area contributed by atoms with E-state index in [1.165, 1.54) is 6.08 Å². The molecule has 0 saturated heterocycles. The van der Waals surface area contributed by atoms with Crippen molar-refractivity contribution in [2.24, 2.45) is 4.99 Å². The predicted molar refractivity (Wildman–Crippen MR) is 89.0 cm³/mol. The first-order valence-electron chi connectivity index (χ1n) is 6.96. The topological polar surface area (TPSA) is 85.6 Å². The molecule has 0 amide bonds. The van der Waals surface area contributed by atoms with Crippen LogP contribution in [0.3, 0.4) is 0 Å². The highest BCUT2D eigenvalue weighted by atomic mass is 32.1. The summed E-state index contributed by atoms with van der Waals surface area (Å²) in [7, 11) is 0. The van der Waals surface area contributed by atoms with E-state index in [0.29, 0.717) is 5.57 Å². The second kappa shape index (κ2) is 5.24. The van der Waals surface area contributed by atoms with Crippen LogP contribution >= 0.6 is 11.3 Å². The maximum absolute atomic E-state index is 12.8. The Labute approximate surface area is 141 Å². The smallest absolute Gasteiger partial charge is 0.383 e. The zero-order valence-corrected chi connectivity index (χ0v) is 13.1. The van der Waals surface area contributed by atoms with Gasteiger partial charge in [0.25, 0.3) is 5.56 Å². The molecule has 0 atom stereocenters. The molecule has 0 unspecified atom stereocenters. The number of hydrogen-bond donors (Lipinski definition) is 1. The van der Waals surface area contributed by atoms with E-state index in [1.807, 2.05) is 18.2 Å². The van der Waals surface area contributed by atoms with Crippen LogP contribution in [0.5, 0.6) is 0 Å². The Morgan fingerprint density at radius 2 is 2.00 bits per heavy atom. The van der Waals surface area contributed by atoms with Gasteiger partial charge in [-0.05, 0) is 12.1 Å². The molecule has 0 radical (unpaired) electrons. The summed E-state index contributed by atoms with van der Waals surface area (Å²) < 4.78 is 39.3. The van der Waals surface area contributed by atoms with Crippen LogP contribution in [0.1, 0.15) is 16.1 Å². The molecule has 3 aromatic rings. The molecule has 25 heavy (non-hydrogen) atoms. The number of alkyl halides is 3. The van der Waals surface area contributed by atoms with E-state index in [4.69, 9.17) is 5.73 Å². The van der Waals surface area contributed by atoms with Gasteiger partial charge in [-0.2, -0.15) is 22.7 Å². The van der Waals surface area contributed by atoms with Crippen LogP contribution in [-0.2, 0) is 6.18 Å². The lowest BCUT2D eigenvalue weighted by Gasteiger charge is -2.03. The van der Waals surface area contributed by atoms with Crippen LogP contribution in [0, 0.1) is 0 Å². The first kappa shape index (κ1) is 15.5. The van der Waals surface area contributed by atoms with Gasteiger partial charge in [0.05, 0.1) is 11.3 Å². The molecular weight excluding hydrogens is 355 g/mol. The fourth-order valence-electron chi connectivity index (χ4n) is 2.44. The first-order valence-corrected chi connectivity index (χ1v) is 7.78. The lowest BCUT2D eigenvalue weighted by atomic mass is 10.1. The standard InChI is InChI=1S/C15H8F3N5OS/c16-15(17,18)13-22-23-11(19)9(12(24)21-14(23)25-13)5-7-6-20-10-4-2-1-3-8(7)10/h1-6H,19H2/b7-5+. The van der Waals surface area contributed by atoms with Crippen LogP contribution in [-0.4, -0.2) is 20.8 Å². The van der Waals surface area contributed by atoms with Crippen LogP contribution in [0.15, 0.2) is 34.1 Å². The van der Waals surface area contributed by atoms with Crippen molar-refractivity contribution in [3.8, 4) is 0 Å². The largest absolute Gasteiger partial charge is 0.445 e. The third kappa shape index (κ3) is 2.50. The number of anilines is 1. The zero-order valence-electron chi connectivity index (χ0n) is 12.3. The second-order valence-corrected chi connectivity index (χ2v) is 6.15. The number of allylic oxidation sites excluding steroid dienone is 1. The predicted octanol–water partition coefficient (Wildman–Crippen LogP) is 3.01. The minimum atomic E-state index is -4.64. The van der Waals surface area contributed by atoms with Gasteiger partial charge in [-0.15, -0.1) is 5.10 Å². The van der Waals surface area contributed by atoms with Crippen molar-refractivity contribution in [2.45, 2.75) is 6.18 Å². The molecule has 0 bridgehead atoms. The number of aromatic nitrogens is 3. The Kier molecular flexibility index (Phi) is 3.25. The van der Waals surface area contributed by atoms with Crippen LogP contribution in [0.2, 0.25) is 0 Å². The highest BCUT2D eigenvalue weighted by molar-refractivity contribution is 7.16. The van der Waals surface area contributed by atoms with Crippen molar-refractivity contribution in [3.05, 3.63) is 50.8 Å². The van der Waals surface area contributed by atoms with E-state index < -0.39 is 16.7 Å². The number of nitrogen functional groups attached to an aromatic ring is 1. The first-order chi connectivity index (χ1) is 11.8. The molecule has 2 N–H and O–H groups in total. The van der Waals surface area contributed by atoms with E-state index in [2.05, 4.69) is 15.1 Å². The van der Waals surface area contributed by atoms with Gasteiger partial charge in [-0.3, -0.25) is 9.79 Å². The highest BCUT2D eigenvalue weighted by Crippen LogP contribution is 2.34. The van der Waals surface area contributed by atoms with Gasteiger partial charge in [0.2, 0.25) is 9.97 Å². The van der Waals surface area contributed by atoms with Crippen LogP contribution in [0.4, 0.5) is 24.7 Å². The fourth-order valence-corrected chi connectivity index (χ4v) is 3.21. The number of nitrogens with zero attached hydrogens (tertiary/aromatic N) is 4.